The molecule has 3 N–H and O–H groups in total. The fraction of sp³-hybridized carbons (Fsp3) is 0.933. The van der Waals surface area contributed by atoms with E-state index >= 15 is 0 Å². The van der Waals surface area contributed by atoms with Crippen molar-refractivity contribution in [2.45, 2.75) is 58.6 Å². The van der Waals surface area contributed by atoms with E-state index in [1.54, 1.807) is 0 Å². The second kappa shape index (κ2) is 7.84. The van der Waals surface area contributed by atoms with Gasteiger partial charge < -0.3 is 15.8 Å². The van der Waals surface area contributed by atoms with Gasteiger partial charge in [0.1, 0.15) is 5.60 Å². The van der Waals surface area contributed by atoms with Crippen LogP contribution >= 0.6 is 0 Å². The Kier molecular flexibility index (Phi) is 6.76. The topological polar surface area (TPSA) is 67.6 Å². The average Bonchev–Trinajstić information content (AvgIpc) is 2.28. The first-order valence-electron chi connectivity index (χ1n) is 7.76. The van der Waals surface area contributed by atoms with E-state index in [4.69, 9.17) is 10.5 Å². The van der Waals surface area contributed by atoms with Crippen molar-refractivity contribution in [3.05, 3.63) is 0 Å². The summed E-state index contributed by atoms with van der Waals surface area (Å²) in [6.45, 7) is 10.9. The molecule has 1 aliphatic carbocycles. The SMILES string of the molecule is CCN(CC1CCC1)C(CN)CNC(=O)OC(C)(C)C. The van der Waals surface area contributed by atoms with E-state index in [9.17, 15) is 4.79 Å². The number of nitrogens with two attached hydrogens (primary N) is 1. The van der Waals surface area contributed by atoms with Crippen molar-refractivity contribution in [1.82, 2.24) is 10.2 Å². The molecule has 0 aromatic carbocycles. The van der Waals surface area contributed by atoms with Gasteiger partial charge in [-0.3, -0.25) is 4.90 Å². The Hall–Kier alpha value is -0.810. The first-order valence-corrected chi connectivity index (χ1v) is 7.76. The Morgan fingerprint density at radius 2 is 2.10 bits per heavy atom. The van der Waals surface area contributed by atoms with Crippen LogP contribution in [-0.2, 0) is 4.74 Å². The summed E-state index contributed by atoms with van der Waals surface area (Å²) in [5.74, 6) is 0.811. The zero-order valence-corrected chi connectivity index (χ0v) is 13.4. The smallest absolute Gasteiger partial charge is 0.407 e. The first kappa shape index (κ1) is 17.2. The number of nitrogens with one attached hydrogen (secondary N) is 1. The molecule has 0 heterocycles. The molecule has 1 unspecified atom stereocenters. The van der Waals surface area contributed by atoms with Crippen molar-refractivity contribution in [2.75, 3.05) is 26.2 Å². The van der Waals surface area contributed by atoms with Gasteiger partial charge in [-0.25, -0.2) is 4.79 Å². The standard InChI is InChI=1S/C15H31N3O2/c1-5-18(11-12-7-6-8-12)13(9-16)10-17-14(19)20-15(2,3)4/h12-13H,5-11,16H2,1-4H3,(H,17,19). The fourth-order valence-corrected chi connectivity index (χ4v) is 2.42. The lowest BCUT2D eigenvalue weighted by molar-refractivity contribution is 0.0502. The number of alkyl carbamates (subject to hydrolysis) is 1. The Balaban J connectivity index is 2.37. The van der Waals surface area contributed by atoms with Crippen molar-refractivity contribution in [2.24, 2.45) is 11.7 Å². The van der Waals surface area contributed by atoms with Crippen molar-refractivity contribution in [3.8, 4) is 0 Å². The van der Waals surface area contributed by atoms with Gasteiger partial charge in [0.25, 0.3) is 0 Å². The third-order valence-corrected chi connectivity index (χ3v) is 3.79. The lowest BCUT2D eigenvalue weighted by Crippen LogP contribution is -2.50. The zero-order valence-electron chi connectivity index (χ0n) is 13.4. The minimum Gasteiger partial charge on any atom is -0.444 e. The van der Waals surface area contributed by atoms with Crippen molar-refractivity contribution in [3.63, 3.8) is 0 Å². The molecule has 1 saturated carbocycles. The van der Waals surface area contributed by atoms with E-state index < -0.39 is 5.60 Å². The maximum Gasteiger partial charge on any atom is 0.407 e. The van der Waals surface area contributed by atoms with Crippen LogP contribution in [0.15, 0.2) is 0 Å². The molecule has 1 rings (SSSR count). The Morgan fingerprint density at radius 3 is 2.50 bits per heavy atom. The molecule has 0 saturated heterocycles. The molecule has 1 amide bonds. The lowest BCUT2D eigenvalue weighted by Gasteiger charge is -2.36. The third kappa shape index (κ3) is 6.09. The van der Waals surface area contributed by atoms with E-state index in [-0.39, 0.29) is 12.1 Å². The van der Waals surface area contributed by atoms with E-state index in [2.05, 4.69) is 17.1 Å². The summed E-state index contributed by atoms with van der Waals surface area (Å²) in [6.07, 6.45) is 3.64. The van der Waals surface area contributed by atoms with Gasteiger partial charge in [0, 0.05) is 25.7 Å². The molecule has 0 bridgehead atoms. The van der Waals surface area contributed by atoms with Gasteiger partial charge in [-0.2, -0.15) is 0 Å². The second-order valence-electron chi connectivity index (χ2n) is 6.66. The highest BCUT2D eigenvalue weighted by atomic mass is 16.6. The average molecular weight is 285 g/mol. The number of nitrogens with zero attached hydrogens (tertiary/aromatic N) is 1. The number of carbonyl (C=O) groups is 1. The van der Waals surface area contributed by atoms with Gasteiger partial charge >= 0.3 is 6.09 Å². The highest BCUT2D eigenvalue weighted by Gasteiger charge is 2.25. The summed E-state index contributed by atoms with van der Waals surface area (Å²) in [7, 11) is 0. The number of hydrogen-bond acceptors (Lipinski definition) is 4. The molecule has 0 spiro atoms. The van der Waals surface area contributed by atoms with Crippen LogP contribution in [0, 0.1) is 5.92 Å². The predicted molar refractivity (Wildman–Crippen MR) is 81.7 cm³/mol. The summed E-state index contributed by atoms with van der Waals surface area (Å²) < 4.78 is 5.25. The summed E-state index contributed by atoms with van der Waals surface area (Å²) in [5.41, 5.74) is 5.40. The minimum atomic E-state index is -0.460. The highest BCUT2D eigenvalue weighted by molar-refractivity contribution is 5.67. The fourth-order valence-electron chi connectivity index (χ4n) is 2.42. The van der Waals surface area contributed by atoms with Crippen LogP contribution in [0.5, 0.6) is 0 Å². The molecule has 20 heavy (non-hydrogen) atoms. The van der Waals surface area contributed by atoms with Gasteiger partial charge in [-0.15, -0.1) is 0 Å². The van der Waals surface area contributed by atoms with Gasteiger partial charge in [0.15, 0.2) is 0 Å². The number of hydrogen-bond donors (Lipinski definition) is 2. The molecule has 5 nitrogen and oxygen atoms in total. The molecule has 1 fully saturated rings. The lowest BCUT2D eigenvalue weighted by atomic mass is 9.85. The summed E-state index contributed by atoms with van der Waals surface area (Å²) in [6, 6.07) is 0.188. The Labute approximate surface area is 123 Å². The van der Waals surface area contributed by atoms with Gasteiger partial charge in [-0.05, 0) is 46.1 Å². The maximum absolute atomic E-state index is 11.7. The summed E-state index contributed by atoms with van der Waals surface area (Å²) in [4.78, 5) is 14.1. The maximum atomic E-state index is 11.7. The van der Waals surface area contributed by atoms with E-state index in [1.807, 2.05) is 20.8 Å². The monoisotopic (exact) mass is 285 g/mol. The summed E-state index contributed by atoms with van der Waals surface area (Å²) >= 11 is 0. The van der Waals surface area contributed by atoms with Crippen molar-refractivity contribution >= 4 is 6.09 Å². The largest absolute Gasteiger partial charge is 0.444 e. The third-order valence-electron chi connectivity index (χ3n) is 3.79. The Morgan fingerprint density at radius 1 is 1.45 bits per heavy atom. The van der Waals surface area contributed by atoms with Crippen LogP contribution in [0.4, 0.5) is 4.79 Å². The molecular formula is C15H31N3O2. The van der Waals surface area contributed by atoms with E-state index in [1.165, 1.54) is 19.3 Å². The van der Waals surface area contributed by atoms with Crippen LogP contribution < -0.4 is 11.1 Å². The normalized spacial score (nSPS) is 17.7. The number of rotatable bonds is 7. The van der Waals surface area contributed by atoms with Gasteiger partial charge in [0.2, 0.25) is 0 Å². The van der Waals surface area contributed by atoms with Crippen molar-refractivity contribution in [1.29, 1.82) is 0 Å². The number of carbonyl (C=O) groups excluding carboxylic acids is 1. The van der Waals surface area contributed by atoms with Gasteiger partial charge in [0.05, 0.1) is 0 Å². The molecule has 0 radical (unpaired) electrons. The number of amides is 1. The van der Waals surface area contributed by atoms with Crippen LogP contribution in [-0.4, -0.2) is 48.8 Å². The molecule has 1 aliphatic rings. The van der Waals surface area contributed by atoms with Crippen molar-refractivity contribution < 1.29 is 9.53 Å². The van der Waals surface area contributed by atoms with E-state index in [0.29, 0.717) is 13.1 Å². The first-order chi connectivity index (χ1) is 9.35. The van der Waals surface area contributed by atoms with Crippen LogP contribution in [0.2, 0.25) is 0 Å². The summed E-state index contributed by atoms with van der Waals surface area (Å²) in [5, 5.41) is 2.83. The predicted octanol–water partition coefficient (Wildman–Crippen LogP) is 1.96. The minimum absolute atomic E-state index is 0.188. The molecule has 118 valence electrons. The molecule has 0 aromatic rings. The second-order valence-corrected chi connectivity index (χ2v) is 6.66. The van der Waals surface area contributed by atoms with Crippen LogP contribution in [0.25, 0.3) is 0 Å². The number of ether oxygens (including phenoxy) is 1. The highest BCUT2D eigenvalue weighted by Crippen LogP contribution is 2.27. The molecule has 1 atom stereocenters. The quantitative estimate of drug-likeness (QED) is 0.750. The molecular weight excluding hydrogens is 254 g/mol. The van der Waals surface area contributed by atoms with Crippen LogP contribution in [0.3, 0.4) is 0 Å². The Bertz CT molecular complexity index is 298. The van der Waals surface area contributed by atoms with Crippen LogP contribution in [0.1, 0.15) is 47.0 Å². The van der Waals surface area contributed by atoms with E-state index in [0.717, 1.165) is 19.0 Å². The molecule has 5 heteroatoms. The molecule has 0 aromatic heterocycles. The van der Waals surface area contributed by atoms with Gasteiger partial charge in [-0.1, -0.05) is 13.3 Å². The number of likely N-dealkylation sites (N-methyl/N-ethyl adjacent to an activating group) is 1. The zero-order chi connectivity index (χ0) is 15.2. The molecule has 0 aliphatic heterocycles.